The first-order valence-corrected chi connectivity index (χ1v) is 3.55. The minimum atomic E-state index is 0.193. The third kappa shape index (κ3) is 1.55. The van der Waals surface area contributed by atoms with E-state index in [9.17, 15) is 0 Å². The fourth-order valence-electron chi connectivity index (χ4n) is 0.998. The molecule has 0 heterocycles. The molecule has 0 saturated heterocycles. The van der Waals surface area contributed by atoms with Gasteiger partial charge in [0.15, 0.2) is 0 Å². The van der Waals surface area contributed by atoms with E-state index < -0.39 is 0 Å². The van der Waals surface area contributed by atoms with E-state index in [0.29, 0.717) is 0 Å². The van der Waals surface area contributed by atoms with Crippen LogP contribution < -0.4 is 0 Å². The molecule has 0 saturated carbocycles. The molecule has 0 radical (unpaired) electrons. The van der Waals surface area contributed by atoms with Crippen molar-refractivity contribution in [3.05, 3.63) is 12.2 Å². The fourth-order valence-corrected chi connectivity index (χ4v) is 1.26. The molecule has 0 aromatic rings. The van der Waals surface area contributed by atoms with Crippen molar-refractivity contribution in [3.8, 4) is 0 Å². The summed E-state index contributed by atoms with van der Waals surface area (Å²) < 4.78 is 0.193. The highest BCUT2D eigenvalue weighted by Gasteiger charge is 2.15. The van der Waals surface area contributed by atoms with Gasteiger partial charge in [0.2, 0.25) is 0 Å². The Bertz CT molecular complexity index is 103. The Hall–Kier alpha value is 0.0900. The van der Waals surface area contributed by atoms with Gasteiger partial charge in [-0.15, -0.1) is 0 Å². The first kappa shape index (κ1) is 6.21. The van der Waals surface area contributed by atoms with Crippen molar-refractivity contribution in [1.29, 1.82) is 0 Å². The molecule has 0 spiro atoms. The maximum absolute atomic E-state index is 4.43. The van der Waals surface area contributed by atoms with Gasteiger partial charge in [-0.2, -0.15) is 12.6 Å². The standard InChI is InChI=1S/C7H12S/c1-7(8)5-3-2-4-6-7/h3,5,8H,2,4,6H2,1H3/t7-/m0/s1. The van der Waals surface area contributed by atoms with Crippen molar-refractivity contribution in [2.45, 2.75) is 30.9 Å². The lowest BCUT2D eigenvalue weighted by Crippen LogP contribution is -2.14. The topological polar surface area (TPSA) is 0 Å². The first-order chi connectivity index (χ1) is 3.71. The molecule has 0 bridgehead atoms. The highest BCUT2D eigenvalue weighted by atomic mass is 32.1. The Kier molecular flexibility index (Phi) is 1.66. The minimum Gasteiger partial charge on any atom is -0.169 e. The predicted molar refractivity (Wildman–Crippen MR) is 40.4 cm³/mol. The van der Waals surface area contributed by atoms with Crippen molar-refractivity contribution in [3.63, 3.8) is 0 Å². The van der Waals surface area contributed by atoms with E-state index in [1.165, 1.54) is 19.3 Å². The molecule has 1 rings (SSSR count). The van der Waals surface area contributed by atoms with Gasteiger partial charge in [0, 0.05) is 4.75 Å². The largest absolute Gasteiger partial charge is 0.169 e. The molecule has 0 N–H and O–H groups in total. The van der Waals surface area contributed by atoms with Gasteiger partial charge in [-0.05, 0) is 26.2 Å². The summed E-state index contributed by atoms with van der Waals surface area (Å²) in [5, 5.41) is 0. The van der Waals surface area contributed by atoms with Crippen LogP contribution in [0, 0.1) is 0 Å². The van der Waals surface area contributed by atoms with Gasteiger partial charge in [-0.25, -0.2) is 0 Å². The molecule has 46 valence electrons. The lowest BCUT2D eigenvalue weighted by Gasteiger charge is -2.21. The lowest BCUT2D eigenvalue weighted by atomic mass is 9.97. The monoisotopic (exact) mass is 128 g/mol. The summed E-state index contributed by atoms with van der Waals surface area (Å²) >= 11 is 4.43. The normalized spacial score (nSPS) is 37.8. The van der Waals surface area contributed by atoms with Gasteiger partial charge in [0.05, 0.1) is 0 Å². The molecule has 8 heavy (non-hydrogen) atoms. The van der Waals surface area contributed by atoms with Crippen LogP contribution in [0.5, 0.6) is 0 Å². The highest BCUT2D eigenvalue weighted by Crippen LogP contribution is 2.26. The molecule has 1 aliphatic carbocycles. The third-order valence-electron chi connectivity index (χ3n) is 1.53. The summed E-state index contributed by atoms with van der Waals surface area (Å²) in [5.41, 5.74) is 0. The summed E-state index contributed by atoms with van der Waals surface area (Å²) in [6.45, 7) is 2.16. The average Bonchev–Trinajstić information content (AvgIpc) is 1.65. The fraction of sp³-hybridized carbons (Fsp3) is 0.714. The molecule has 0 aliphatic heterocycles. The second-order valence-electron chi connectivity index (χ2n) is 2.65. The Morgan fingerprint density at radius 1 is 1.62 bits per heavy atom. The number of allylic oxidation sites excluding steroid dienone is 1. The Balaban J connectivity index is 2.56. The van der Waals surface area contributed by atoms with Gasteiger partial charge in [0.1, 0.15) is 0 Å². The number of thiol groups is 1. The zero-order chi connectivity index (χ0) is 6.04. The van der Waals surface area contributed by atoms with E-state index in [-0.39, 0.29) is 4.75 Å². The van der Waals surface area contributed by atoms with Crippen LogP contribution in [0.4, 0.5) is 0 Å². The molecule has 1 aliphatic rings. The molecule has 0 nitrogen and oxygen atoms in total. The van der Waals surface area contributed by atoms with Crippen LogP contribution in [0.3, 0.4) is 0 Å². The highest BCUT2D eigenvalue weighted by molar-refractivity contribution is 7.82. The van der Waals surface area contributed by atoms with Crippen LogP contribution in [0.2, 0.25) is 0 Å². The van der Waals surface area contributed by atoms with Crippen molar-refractivity contribution in [1.82, 2.24) is 0 Å². The molecule has 0 aromatic carbocycles. The molecular weight excluding hydrogens is 116 g/mol. The molecular formula is C7H12S. The van der Waals surface area contributed by atoms with Gasteiger partial charge in [0.25, 0.3) is 0 Å². The van der Waals surface area contributed by atoms with Crippen LogP contribution >= 0.6 is 12.6 Å². The Morgan fingerprint density at radius 2 is 2.38 bits per heavy atom. The minimum absolute atomic E-state index is 0.193. The molecule has 0 fully saturated rings. The lowest BCUT2D eigenvalue weighted by molar-refractivity contribution is 0.629. The molecule has 0 aromatic heterocycles. The zero-order valence-electron chi connectivity index (χ0n) is 5.22. The van der Waals surface area contributed by atoms with E-state index in [1.54, 1.807) is 0 Å². The average molecular weight is 128 g/mol. The van der Waals surface area contributed by atoms with E-state index >= 15 is 0 Å². The number of rotatable bonds is 0. The Morgan fingerprint density at radius 3 is 2.62 bits per heavy atom. The van der Waals surface area contributed by atoms with Crippen LogP contribution in [0.15, 0.2) is 12.2 Å². The maximum Gasteiger partial charge on any atom is 0.0280 e. The first-order valence-electron chi connectivity index (χ1n) is 3.11. The predicted octanol–water partition coefficient (Wildman–Crippen LogP) is 2.42. The third-order valence-corrected chi connectivity index (χ3v) is 1.90. The smallest absolute Gasteiger partial charge is 0.0280 e. The molecule has 0 unspecified atom stereocenters. The summed E-state index contributed by atoms with van der Waals surface area (Å²) in [4.78, 5) is 0. The summed E-state index contributed by atoms with van der Waals surface area (Å²) in [6.07, 6.45) is 8.19. The van der Waals surface area contributed by atoms with Gasteiger partial charge in [-0.1, -0.05) is 12.2 Å². The van der Waals surface area contributed by atoms with Gasteiger partial charge in [-0.3, -0.25) is 0 Å². The maximum atomic E-state index is 4.43. The van der Waals surface area contributed by atoms with Crippen LogP contribution in [0.1, 0.15) is 26.2 Å². The molecule has 1 heteroatoms. The van der Waals surface area contributed by atoms with Crippen molar-refractivity contribution < 1.29 is 0 Å². The van der Waals surface area contributed by atoms with Crippen LogP contribution in [-0.4, -0.2) is 4.75 Å². The second kappa shape index (κ2) is 2.14. The van der Waals surface area contributed by atoms with Crippen molar-refractivity contribution in [2.75, 3.05) is 0 Å². The Labute approximate surface area is 56.4 Å². The van der Waals surface area contributed by atoms with E-state index in [2.05, 4.69) is 31.7 Å². The zero-order valence-corrected chi connectivity index (χ0v) is 6.12. The summed E-state index contributed by atoms with van der Waals surface area (Å²) in [7, 11) is 0. The van der Waals surface area contributed by atoms with Gasteiger partial charge < -0.3 is 0 Å². The van der Waals surface area contributed by atoms with Crippen LogP contribution in [-0.2, 0) is 0 Å². The number of hydrogen-bond acceptors (Lipinski definition) is 1. The molecule has 1 atom stereocenters. The van der Waals surface area contributed by atoms with Crippen molar-refractivity contribution >= 4 is 12.6 Å². The summed E-state index contributed by atoms with van der Waals surface area (Å²) in [5.74, 6) is 0. The number of hydrogen-bond donors (Lipinski definition) is 1. The molecule has 0 amide bonds. The second-order valence-corrected chi connectivity index (χ2v) is 3.67. The van der Waals surface area contributed by atoms with E-state index in [4.69, 9.17) is 0 Å². The van der Waals surface area contributed by atoms with E-state index in [0.717, 1.165) is 0 Å². The van der Waals surface area contributed by atoms with Crippen LogP contribution in [0.25, 0.3) is 0 Å². The summed E-state index contributed by atoms with van der Waals surface area (Å²) in [6, 6.07) is 0. The van der Waals surface area contributed by atoms with E-state index in [1.807, 2.05) is 0 Å². The van der Waals surface area contributed by atoms with Crippen molar-refractivity contribution in [2.24, 2.45) is 0 Å². The van der Waals surface area contributed by atoms with Gasteiger partial charge >= 0.3 is 0 Å². The quantitative estimate of drug-likeness (QED) is 0.376. The SMILES string of the molecule is C[C@]1(S)C=CCCC1.